The maximum atomic E-state index is 12.4. The zero-order chi connectivity index (χ0) is 13.9. The van der Waals surface area contributed by atoms with E-state index in [9.17, 15) is 4.79 Å². The molecule has 0 spiro atoms. The molecule has 0 aromatic heterocycles. The molecule has 3 heteroatoms. The van der Waals surface area contributed by atoms with Crippen molar-refractivity contribution in [3.05, 3.63) is 0 Å². The van der Waals surface area contributed by atoms with E-state index in [0.29, 0.717) is 18.5 Å². The molecule has 0 aromatic rings. The van der Waals surface area contributed by atoms with E-state index < -0.39 is 0 Å². The Labute approximate surface area is 112 Å². The number of piperidine rings is 1. The van der Waals surface area contributed by atoms with Crippen LogP contribution >= 0.6 is 0 Å². The van der Waals surface area contributed by atoms with E-state index >= 15 is 0 Å². The first-order valence-electron chi connectivity index (χ1n) is 7.27. The van der Waals surface area contributed by atoms with Gasteiger partial charge in [-0.2, -0.15) is 0 Å². The van der Waals surface area contributed by atoms with E-state index in [0.717, 1.165) is 19.3 Å². The van der Waals surface area contributed by atoms with Gasteiger partial charge < -0.3 is 10.6 Å². The number of hydrogen-bond donors (Lipinski definition) is 1. The summed E-state index contributed by atoms with van der Waals surface area (Å²) in [7, 11) is 0. The van der Waals surface area contributed by atoms with Crippen molar-refractivity contribution in [1.82, 2.24) is 4.90 Å². The van der Waals surface area contributed by atoms with Crippen LogP contribution in [0.15, 0.2) is 0 Å². The lowest BCUT2D eigenvalue weighted by atomic mass is 9.87. The van der Waals surface area contributed by atoms with E-state index in [1.54, 1.807) is 0 Å². The van der Waals surface area contributed by atoms with Crippen molar-refractivity contribution in [2.45, 2.75) is 84.8 Å². The minimum absolute atomic E-state index is 0.0150. The zero-order valence-electron chi connectivity index (χ0n) is 12.7. The van der Waals surface area contributed by atoms with Crippen molar-refractivity contribution in [2.24, 2.45) is 11.1 Å². The van der Waals surface area contributed by atoms with E-state index in [4.69, 9.17) is 5.73 Å². The van der Waals surface area contributed by atoms with Crippen molar-refractivity contribution in [3.8, 4) is 0 Å². The molecule has 1 heterocycles. The number of amides is 1. The predicted molar refractivity (Wildman–Crippen MR) is 76.3 cm³/mol. The Hall–Kier alpha value is -0.570. The van der Waals surface area contributed by atoms with Crippen molar-refractivity contribution in [3.63, 3.8) is 0 Å². The highest BCUT2D eigenvalue weighted by Gasteiger charge is 2.30. The monoisotopic (exact) mass is 254 g/mol. The second-order valence-corrected chi connectivity index (χ2v) is 7.16. The third kappa shape index (κ3) is 4.60. The fourth-order valence-corrected chi connectivity index (χ4v) is 3.10. The summed E-state index contributed by atoms with van der Waals surface area (Å²) in [6, 6.07) is 0.741. The molecule has 0 bridgehead atoms. The Morgan fingerprint density at radius 3 is 2.22 bits per heavy atom. The minimum Gasteiger partial charge on any atom is -0.337 e. The van der Waals surface area contributed by atoms with Gasteiger partial charge in [-0.25, -0.2) is 0 Å². The number of carbonyl (C=O) groups excluding carboxylic acids is 1. The Bertz CT molecular complexity index is 273. The smallest absolute Gasteiger partial charge is 0.224 e. The molecule has 18 heavy (non-hydrogen) atoms. The maximum absolute atomic E-state index is 12.4. The van der Waals surface area contributed by atoms with Crippen molar-refractivity contribution in [2.75, 3.05) is 0 Å². The topological polar surface area (TPSA) is 46.3 Å². The van der Waals surface area contributed by atoms with Crippen molar-refractivity contribution < 1.29 is 4.79 Å². The molecule has 3 unspecified atom stereocenters. The second-order valence-electron chi connectivity index (χ2n) is 7.16. The number of nitrogens with two attached hydrogens (primary N) is 1. The summed E-state index contributed by atoms with van der Waals surface area (Å²) in [4.78, 5) is 14.4. The summed E-state index contributed by atoms with van der Waals surface area (Å²) in [5.41, 5.74) is 6.30. The third-order valence-electron chi connectivity index (χ3n) is 3.79. The van der Waals surface area contributed by atoms with Gasteiger partial charge in [0.1, 0.15) is 0 Å². The number of carbonyl (C=O) groups is 1. The van der Waals surface area contributed by atoms with Gasteiger partial charge in [-0.05, 0) is 44.9 Å². The highest BCUT2D eigenvalue weighted by atomic mass is 16.2. The first-order valence-corrected chi connectivity index (χ1v) is 7.27. The summed E-state index contributed by atoms with van der Waals surface area (Å²) in [6.45, 7) is 10.8. The van der Waals surface area contributed by atoms with E-state index in [1.165, 1.54) is 6.42 Å². The molecule has 1 aliphatic rings. The van der Waals surface area contributed by atoms with Crippen LogP contribution < -0.4 is 5.73 Å². The Morgan fingerprint density at radius 1 is 1.28 bits per heavy atom. The lowest BCUT2D eigenvalue weighted by molar-refractivity contribution is -0.137. The fraction of sp³-hybridized carbons (Fsp3) is 0.933. The molecule has 0 saturated carbocycles. The van der Waals surface area contributed by atoms with Crippen LogP contribution in [-0.2, 0) is 4.79 Å². The summed E-state index contributed by atoms with van der Waals surface area (Å²) in [6.07, 6.45) is 4.89. The normalized spacial score (nSPS) is 27.1. The van der Waals surface area contributed by atoms with Gasteiger partial charge >= 0.3 is 0 Å². The van der Waals surface area contributed by atoms with Gasteiger partial charge in [-0.1, -0.05) is 20.8 Å². The molecule has 0 aliphatic carbocycles. The van der Waals surface area contributed by atoms with Crippen LogP contribution in [-0.4, -0.2) is 28.9 Å². The average molecular weight is 254 g/mol. The van der Waals surface area contributed by atoms with Crippen LogP contribution in [0.5, 0.6) is 0 Å². The van der Waals surface area contributed by atoms with E-state index in [1.807, 2.05) is 0 Å². The van der Waals surface area contributed by atoms with Gasteiger partial charge in [0.2, 0.25) is 5.91 Å². The van der Waals surface area contributed by atoms with E-state index in [-0.39, 0.29) is 17.4 Å². The molecule has 1 fully saturated rings. The van der Waals surface area contributed by atoms with Gasteiger partial charge in [0.05, 0.1) is 0 Å². The standard InChI is InChI=1S/C15H30N2O/c1-11-7-6-8-12(2)17(11)14(18)9-13(16)10-15(3,4)5/h11-13H,6-10,16H2,1-5H3. The predicted octanol–water partition coefficient (Wildman–Crippen LogP) is 2.93. The molecule has 1 saturated heterocycles. The summed E-state index contributed by atoms with van der Waals surface area (Å²) < 4.78 is 0. The molecule has 2 N–H and O–H groups in total. The van der Waals surface area contributed by atoms with Crippen LogP contribution in [0.4, 0.5) is 0 Å². The largest absolute Gasteiger partial charge is 0.337 e. The first-order chi connectivity index (χ1) is 8.20. The lowest BCUT2D eigenvalue weighted by Gasteiger charge is -2.39. The molecule has 1 amide bonds. The van der Waals surface area contributed by atoms with Crippen molar-refractivity contribution >= 4 is 5.91 Å². The Balaban J connectivity index is 2.53. The van der Waals surface area contributed by atoms with Crippen LogP contribution in [0, 0.1) is 5.41 Å². The highest BCUT2D eigenvalue weighted by Crippen LogP contribution is 2.25. The van der Waals surface area contributed by atoms with Gasteiger partial charge in [0.15, 0.2) is 0 Å². The van der Waals surface area contributed by atoms with Crippen LogP contribution in [0.1, 0.15) is 66.7 Å². The molecule has 1 rings (SSSR count). The van der Waals surface area contributed by atoms with E-state index in [2.05, 4.69) is 39.5 Å². The fourth-order valence-electron chi connectivity index (χ4n) is 3.10. The number of likely N-dealkylation sites (tertiary alicyclic amines) is 1. The Kier molecular flexibility index (Phi) is 5.20. The number of rotatable bonds is 3. The summed E-state index contributed by atoms with van der Waals surface area (Å²) in [5.74, 6) is 0.242. The van der Waals surface area contributed by atoms with Crippen LogP contribution in [0.3, 0.4) is 0 Å². The van der Waals surface area contributed by atoms with Gasteiger partial charge in [-0.15, -0.1) is 0 Å². The quantitative estimate of drug-likeness (QED) is 0.841. The average Bonchev–Trinajstić information content (AvgIpc) is 2.13. The summed E-state index contributed by atoms with van der Waals surface area (Å²) >= 11 is 0. The Morgan fingerprint density at radius 2 is 1.78 bits per heavy atom. The number of nitrogens with zero attached hydrogens (tertiary/aromatic N) is 1. The third-order valence-corrected chi connectivity index (χ3v) is 3.79. The maximum Gasteiger partial charge on any atom is 0.224 e. The summed E-state index contributed by atoms with van der Waals surface area (Å²) in [5, 5.41) is 0. The molecular weight excluding hydrogens is 224 g/mol. The highest BCUT2D eigenvalue weighted by molar-refractivity contribution is 5.77. The first kappa shape index (κ1) is 15.5. The molecule has 3 atom stereocenters. The molecular formula is C15H30N2O. The molecule has 1 aliphatic heterocycles. The van der Waals surface area contributed by atoms with Gasteiger partial charge in [-0.3, -0.25) is 4.79 Å². The van der Waals surface area contributed by atoms with Gasteiger partial charge in [0, 0.05) is 24.5 Å². The van der Waals surface area contributed by atoms with Crippen LogP contribution in [0.25, 0.3) is 0 Å². The molecule has 3 nitrogen and oxygen atoms in total. The SMILES string of the molecule is CC1CCCC(C)N1C(=O)CC(N)CC(C)(C)C. The minimum atomic E-state index is -0.0150. The zero-order valence-corrected chi connectivity index (χ0v) is 12.7. The van der Waals surface area contributed by atoms with Crippen LogP contribution in [0.2, 0.25) is 0 Å². The lowest BCUT2D eigenvalue weighted by Crippen LogP contribution is -2.49. The second kappa shape index (κ2) is 6.05. The molecule has 0 aromatic carbocycles. The van der Waals surface area contributed by atoms with Crippen molar-refractivity contribution in [1.29, 1.82) is 0 Å². The molecule has 106 valence electrons. The van der Waals surface area contributed by atoms with Gasteiger partial charge in [0.25, 0.3) is 0 Å². The number of hydrogen-bond acceptors (Lipinski definition) is 2. The molecule has 0 radical (unpaired) electrons.